The third-order valence-corrected chi connectivity index (χ3v) is 3.84. The number of hydrogen-bond donors (Lipinski definition) is 2. The molecule has 1 atom stereocenters. The highest BCUT2D eigenvalue weighted by molar-refractivity contribution is 6.01. The predicted molar refractivity (Wildman–Crippen MR) is 91.5 cm³/mol. The van der Waals surface area contributed by atoms with Crippen molar-refractivity contribution in [1.29, 1.82) is 0 Å². The number of nitrogens with one attached hydrogen (secondary N) is 1. The van der Waals surface area contributed by atoms with E-state index in [4.69, 9.17) is 0 Å². The molecule has 0 aliphatic rings. The van der Waals surface area contributed by atoms with Crippen molar-refractivity contribution in [2.45, 2.75) is 33.7 Å². The number of para-hydroxylation sites is 1. The first-order valence-electron chi connectivity index (χ1n) is 7.56. The lowest BCUT2D eigenvalue weighted by atomic mass is 10.1. The van der Waals surface area contributed by atoms with E-state index in [1.165, 1.54) is 17.7 Å². The number of aryl methyl sites for hydroxylation is 1. The van der Waals surface area contributed by atoms with E-state index in [-0.39, 0.29) is 17.1 Å². The van der Waals surface area contributed by atoms with Crippen LogP contribution < -0.4 is 5.43 Å². The molecule has 1 aromatic carbocycles. The quantitative estimate of drug-likeness (QED) is 0.488. The van der Waals surface area contributed by atoms with E-state index in [0.29, 0.717) is 17.0 Å². The molecule has 0 saturated carbocycles. The Morgan fingerprint density at radius 3 is 2.60 bits per heavy atom. The van der Waals surface area contributed by atoms with Crippen LogP contribution in [0.3, 0.4) is 0 Å². The number of phenolic OH excluding ortho intramolecular Hbond substituents is 1. The van der Waals surface area contributed by atoms with Crippen LogP contribution in [-0.2, 0) is 4.79 Å². The molecule has 1 aromatic heterocycles. The first-order chi connectivity index (χ1) is 11.7. The number of aromatic hydroxyl groups is 1. The molecule has 25 heavy (non-hydrogen) atoms. The maximum absolute atomic E-state index is 12.3. The molecule has 1 amide bonds. The molecule has 1 unspecified atom stereocenters. The van der Waals surface area contributed by atoms with E-state index >= 15 is 0 Å². The molecule has 1 heterocycles. The maximum atomic E-state index is 12.3. The van der Waals surface area contributed by atoms with Crippen molar-refractivity contribution in [1.82, 2.24) is 15.2 Å². The van der Waals surface area contributed by atoms with E-state index in [2.05, 4.69) is 15.6 Å². The largest absolute Gasteiger partial charge is 0.507 e. The number of hydrogen-bond acceptors (Lipinski definition) is 6. The normalized spacial score (nSPS) is 12.7. The Morgan fingerprint density at radius 2 is 2.04 bits per heavy atom. The van der Waals surface area contributed by atoms with Crippen molar-refractivity contribution in [3.63, 3.8) is 0 Å². The molecule has 2 N–H and O–H groups in total. The second-order valence-corrected chi connectivity index (χ2v) is 5.59. The van der Waals surface area contributed by atoms with E-state index in [9.17, 15) is 20.0 Å². The minimum Gasteiger partial charge on any atom is -0.507 e. The topological polar surface area (TPSA) is 123 Å². The van der Waals surface area contributed by atoms with Crippen molar-refractivity contribution in [3.8, 4) is 5.75 Å². The van der Waals surface area contributed by atoms with Crippen molar-refractivity contribution in [2.24, 2.45) is 5.10 Å². The van der Waals surface area contributed by atoms with Crippen LogP contribution in [0.5, 0.6) is 5.75 Å². The second-order valence-electron chi connectivity index (χ2n) is 5.59. The molecule has 0 fully saturated rings. The molecular weight excluding hydrogens is 326 g/mol. The third kappa shape index (κ3) is 3.65. The molecule has 9 nitrogen and oxygen atoms in total. The molecule has 0 aliphatic heterocycles. The summed E-state index contributed by atoms with van der Waals surface area (Å²) in [5.41, 5.74) is 3.77. The average molecular weight is 345 g/mol. The summed E-state index contributed by atoms with van der Waals surface area (Å²) in [6, 6.07) is 5.84. The SMILES string of the molecule is C/C(=N\NC(=O)C(C)n1nc(C)c([N+](=O)[O-])c1C)c1ccccc1O. The fraction of sp³-hybridized carbons (Fsp3) is 0.312. The zero-order valence-corrected chi connectivity index (χ0v) is 14.3. The Kier molecular flexibility index (Phi) is 5.16. The summed E-state index contributed by atoms with van der Waals surface area (Å²) < 4.78 is 1.30. The van der Waals surface area contributed by atoms with Gasteiger partial charge in [-0.15, -0.1) is 0 Å². The van der Waals surface area contributed by atoms with E-state index in [0.717, 1.165) is 0 Å². The van der Waals surface area contributed by atoms with E-state index in [1.807, 2.05) is 0 Å². The van der Waals surface area contributed by atoms with Crippen LogP contribution in [0.1, 0.15) is 36.8 Å². The van der Waals surface area contributed by atoms with Crippen molar-refractivity contribution >= 4 is 17.3 Å². The monoisotopic (exact) mass is 345 g/mol. The predicted octanol–water partition coefficient (Wildman–Crippen LogP) is 2.22. The summed E-state index contributed by atoms with van der Waals surface area (Å²) in [6.07, 6.45) is 0. The van der Waals surface area contributed by atoms with Gasteiger partial charge >= 0.3 is 5.69 Å². The molecule has 9 heteroatoms. The number of aromatic nitrogens is 2. The first-order valence-corrected chi connectivity index (χ1v) is 7.56. The van der Waals surface area contributed by atoms with Gasteiger partial charge in [0.15, 0.2) is 0 Å². The van der Waals surface area contributed by atoms with Gasteiger partial charge in [-0.2, -0.15) is 10.2 Å². The van der Waals surface area contributed by atoms with Gasteiger partial charge in [-0.3, -0.25) is 19.6 Å². The molecule has 0 radical (unpaired) electrons. The van der Waals surface area contributed by atoms with Crippen molar-refractivity contribution in [3.05, 3.63) is 51.3 Å². The number of amides is 1. The van der Waals surface area contributed by atoms with Gasteiger partial charge < -0.3 is 5.11 Å². The van der Waals surface area contributed by atoms with Crippen LogP contribution in [0.4, 0.5) is 5.69 Å². The van der Waals surface area contributed by atoms with Gasteiger partial charge in [0, 0.05) is 5.56 Å². The Balaban J connectivity index is 2.19. The van der Waals surface area contributed by atoms with Gasteiger partial charge in [0.2, 0.25) is 0 Å². The molecule has 0 aliphatic carbocycles. The summed E-state index contributed by atoms with van der Waals surface area (Å²) >= 11 is 0. The summed E-state index contributed by atoms with van der Waals surface area (Å²) in [7, 11) is 0. The number of nitrogens with zero attached hydrogens (tertiary/aromatic N) is 4. The lowest BCUT2D eigenvalue weighted by Crippen LogP contribution is -2.29. The molecule has 0 spiro atoms. The number of nitro groups is 1. The van der Waals surface area contributed by atoms with Crippen LogP contribution in [0.2, 0.25) is 0 Å². The Hall–Kier alpha value is -3.23. The van der Waals surface area contributed by atoms with E-state index < -0.39 is 16.9 Å². The summed E-state index contributed by atoms with van der Waals surface area (Å²) in [4.78, 5) is 22.8. The fourth-order valence-corrected chi connectivity index (χ4v) is 2.48. The third-order valence-electron chi connectivity index (χ3n) is 3.84. The Morgan fingerprint density at radius 1 is 1.40 bits per heavy atom. The van der Waals surface area contributed by atoms with Gasteiger partial charge in [-0.1, -0.05) is 12.1 Å². The number of carbonyl (C=O) groups excluding carboxylic acids is 1. The maximum Gasteiger partial charge on any atom is 0.312 e. The molecular formula is C16H19N5O4. The standard InChI is InChI=1S/C16H19N5O4/c1-9(13-7-5-6-8-14(13)22)17-18-16(23)12(4)20-11(3)15(21(24)25)10(2)19-20/h5-8,12,22H,1-4H3,(H,18,23)/b17-9+. The fourth-order valence-electron chi connectivity index (χ4n) is 2.48. The number of carbonyl (C=O) groups is 1. The van der Waals surface area contributed by atoms with Crippen LogP contribution in [-0.4, -0.2) is 31.4 Å². The highest BCUT2D eigenvalue weighted by atomic mass is 16.6. The zero-order valence-electron chi connectivity index (χ0n) is 14.3. The smallest absolute Gasteiger partial charge is 0.312 e. The molecule has 2 aromatic rings. The minimum atomic E-state index is -0.784. The molecule has 0 saturated heterocycles. The van der Waals surface area contributed by atoms with Crippen LogP contribution >= 0.6 is 0 Å². The minimum absolute atomic E-state index is 0.0558. The lowest BCUT2D eigenvalue weighted by Gasteiger charge is -2.12. The lowest BCUT2D eigenvalue weighted by molar-refractivity contribution is -0.386. The van der Waals surface area contributed by atoms with Crippen LogP contribution in [0, 0.1) is 24.0 Å². The van der Waals surface area contributed by atoms with Crippen molar-refractivity contribution in [2.75, 3.05) is 0 Å². The summed E-state index contributed by atoms with van der Waals surface area (Å²) in [5.74, 6) is -0.421. The first kappa shape index (κ1) is 18.1. The number of benzene rings is 1. The Labute approximate surface area is 144 Å². The van der Waals surface area contributed by atoms with Crippen LogP contribution in [0.15, 0.2) is 29.4 Å². The summed E-state index contributed by atoms with van der Waals surface area (Å²) in [5, 5.41) is 28.9. The van der Waals surface area contributed by atoms with Gasteiger partial charge in [-0.25, -0.2) is 5.43 Å². The highest BCUT2D eigenvalue weighted by Gasteiger charge is 2.27. The van der Waals surface area contributed by atoms with Crippen molar-refractivity contribution < 1.29 is 14.8 Å². The van der Waals surface area contributed by atoms with E-state index in [1.54, 1.807) is 39.0 Å². The number of rotatable bonds is 5. The Bertz CT molecular complexity index is 856. The zero-order chi connectivity index (χ0) is 18.7. The highest BCUT2D eigenvalue weighted by Crippen LogP contribution is 2.24. The number of phenols is 1. The van der Waals surface area contributed by atoms with Gasteiger partial charge in [0.05, 0.1) is 10.6 Å². The second kappa shape index (κ2) is 7.12. The van der Waals surface area contributed by atoms with Gasteiger partial charge in [-0.05, 0) is 39.8 Å². The van der Waals surface area contributed by atoms with Crippen LogP contribution in [0.25, 0.3) is 0 Å². The molecule has 132 valence electrons. The molecule has 2 rings (SSSR count). The van der Waals surface area contributed by atoms with Gasteiger partial charge in [0.25, 0.3) is 5.91 Å². The summed E-state index contributed by atoms with van der Waals surface area (Å²) in [6.45, 7) is 6.28. The number of hydrazone groups is 1. The molecule has 0 bridgehead atoms. The average Bonchev–Trinajstić information content (AvgIpc) is 2.86. The van der Waals surface area contributed by atoms with Gasteiger partial charge in [0.1, 0.15) is 23.2 Å².